The van der Waals surface area contributed by atoms with Crippen LogP contribution >= 0.6 is 0 Å². The number of esters is 1. The van der Waals surface area contributed by atoms with Crippen LogP contribution in [0.2, 0.25) is 0 Å². The molecule has 1 aromatic rings. The molecule has 1 rings (SSSR count). The summed E-state index contributed by atoms with van der Waals surface area (Å²) in [6.45, 7) is 4.56. The van der Waals surface area contributed by atoms with Crippen molar-refractivity contribution in [2.45, 2.75) is 11.8 Å². The van der Waals surface area contributed by atoms with Gasteiger partial charge in [0, 0.05) is 12.1 Å². The predicted molar refractivity (Wildman–Crippen MR) is 56.8 cm³/mol. The van der Waals surface area contributed by atoms with Crippen molar-refractivity contribution < 1.29 is 26.9 Å². The van der Waals surface area contributed by atoms with Gasteiger partial charge in [-0.05, 0) is 18.6 Å². The van der Waals surface area contributed by atoms with Crippen LogP contribution in [0.4, 0.5) is 4.39 Å². The minimum Gasteiger partial charge on any atom is -0.423 e. The summed E-state index contributed by atoms with van der Waals surface area (Å²) in [4.78, 5) is 10.0. The van der Waals surface area contributed by atoms with Gasteiger partial charge in [0.15, 0.2) is 0 Å². The second-order valence-electron chi connectivity index (χ2n) is 3.15. The number of carbonyl (C=O) groups excluding carboxylic acids is 1. The zero-order chi connectivity index (χ0) is 13.2. The van der Waals surface area contributed by atoms with Crippen LogP contribution in [-0.2, 0) is 14.9 Å². The summed E-state index contributed by atoms with van der Waals surface area (Å²) in [7, 11) is -4.64. The summed E-state index contributed by atoms with van der Waals surface area (Å²) in [5, 5.41) is 0. The number of benzene rings is 1. The highest BCUT2D eigenvalue weighted by Gasteiger charge is 2.19. The summed E-state index contributed by atoms with van der Waals surface area (Å²) in [6, 6.07) is 1.58. The molecule has 0 bridgehead atoms. The van der Waals surface area contributed by atoms with Crippen LogP contribution in [0.1, 0.15) is 5.56 Å². The van der Waals surface area contributed by atoms with Crippen molar-refractivity contribution in [3.05, 3.63) is 36.2 Å². The van der Waals surface area contributed by atoms with Gasteiger partial charge < -0.3 is 4.74 Å². The number of hydrogen-bond acceptors (Lipinski definition) is 4. The van der Waals surface area contributed by atoms with Gasteiger partial charge in [0.25, 0.3) is 10.1 Å². The minimum absolute atomic E-state index is 0.139. The maximum Gasteiger partial charge on any atom is 0.335 e. The molecule has 0 radical (unpaired) electrons. The standard InChI is InChI=1S/C10H9FO5S/c1-3-10(12)16-8-5-7(11)9(4-6(8)2)17(13,14)15/h3-5H,1H2,2H3,(H,13,14,15). The van der Waals surface area contributed by atoms with Crippen molar-refractivity contribution in [1.29, 1.82) is 0 Å². The number of ether oxygens (including phenoxy) is 1. The van der Waals surface area contributed by atoms with Gasteiger partial charge in [0.05, 0.1) is 0 Å². The molecular weight excluding hydrogens is 251 g/mol. The third-order valence-electron chi connectivity index (χ3n) is 1.88. The number of rotatable bonds is 3. The van der Waals surface area contributed by atoms with Crippen molar-refractivity contribution in [3.8, 4) is 5.75 Å². The fraction of sp³-hybridized carbons (Fsp3) is 0.100. The maximum absolute atomic E-state index is 13.3. The van der Waals surface area contributed by atoms with E-state index in [1.807, 2.05) is 0 Å². The molecule has 0 saturated heterocycles. The summed E-state index contributed by atoms with van der Waals surface area (Å²) in [5.41, 5.74) is 0.189. The van der Waals surface area contributed by atoms with Crippen molar-refractivity contribution in [1.82, 2.24) is 0 Å². The summed E-state index contributed by atoms with van der Waals surface area (Å²) >= 11 is 0. The Hall–Kier alpha value is -1.73. The molecule has 0 aromatic heterocycles. The van der Waals surface area contributed by atoms with Crippen molar-refractivity contribution in [3.63, 3.8) is 0 Å². The molecule has 0 aliphatic carbocycles. The lowest BCUT2D eigenvalue weighted by atomic mass is 10.2. The molecule has 17 heavy (non-hydrogen) atoms. The first-order valence-electron chi connectivity index (χ1n) is 4.37. The highest BCUT2D eigenvalue weighted by molar-refractivity contribution is 7.85. The summed E-state index contributed by atoms with van der Waals surface area (Å²) < 4.78 is 48.3. The van der Waals surface area contributed by atoms with E-state index in [4.69, 9.17) is 4.55 Å². The van der Waals surface area contributed by atoms with Gasteiger partial charge in [-0.25, -0.2) is 9.18 Å². The Morgan fingerprint density at radius 2 is 2.12 bits per heavy atom. The van der Waals surface area contributed by atoms with Crippen LogP contribution < -0.4 is 4.74 Å². The van der Waals surface area contributed by atoms with Gasteiger partial charge in [0.2, 0.25) is 0 Å². The molecule has 0 heterocycles. The third-order valence-corrected chi connectivity index (χ3v) is 2.75. The lowest BCUT2D eigenvalue weighted by Gasteiger charge is -2.07. The van der Waals surface area contributed by atoms with Crippen LogP contribution in [0, 0.1) is 12.7 Å². The Morgan fingerprint density at radius 3 is 2.59 bits per heavy atom. The quantitative estimate of drug-likeness (QED) is 0.385. The fourth-order valence-electron chi connectivity index (χ4n) is 1.09. The molecule has 0 aliphatic heterocycles. The molecule has 0 atom stereocenters. The van der Waals surface area contributed by atoms with Crippen LogP contribution in [0.5, 0.6) is 5.75 Å². The monoisotopic (exact) mass is 260 g/mol. The average molecular weight is 260 g/mol. The first-order chi connectivity index (χ1) is 7.75. The van der Waals surface area contributed by atoms with Crippen LogP contribution in [0.25, 0.3) is 0 Å². The van der Waals surface area contributed by atoms with E-state index in [1.54, 1.807) is 0 Å². The minimum atomic E-state index is -4.64. The maximum atomic E-state index is 13.3. The molecule has 0 unspecified atom stereocenters. The lowest BCUT2D eigenvalue weighted by molar-refractivity contribution is -0.129. The lowest BCUT2D eigenvalue weighted by Crippen LogP contribution is -2.07. The normalized spacial score (nSPS) is 11.0. The molecule has 0 saturated carbocycles. The number of halogens is 1. The second kappa shape index (κ2) is 4.64. The Balaban J connectivity index is 3.28. The van der Waals surface area contributed by atoms with Crippen LogP contribution in [0.15, 0.2) is 29.7 Å². The summed E-state index contributed by atoms with van der Waals surface area (Å²) in [5.74, 6) is -2.14. The summed E-state index contributed by atoms with van der Waals surface area (Å²) in [6.07, 6.45) is 0.883. The van der Waals surface area contributed by atoms with E-state index in [9.17, 15) is 17.6 Å². The largest absolute Gasteiger partial charge is 0.423 e. The van der Waals surface area contributed by atoms with E-state index >= 15 is 0 Å². The Bertz CT molecular complexity index is 577. The van der Waals surface area contributed by atoms with Crippen LogP contribution in [-0.4, -0.2) is 18.9 Å². The molecular formula is C10H9FO5S. The third kappa shape index (κ3) is 3.11. The Labute approximate surface area is 97.3 Å². The predicted octanol–water partition coefficient (Wildman–Crippen LogP) is 1.47. The van der Waals surface area contributed by atoms with E-state index < -0.39 is 26.8 Å². The molecule has 0 aliphatic rings. The topological polar surface area (TPSA) is 80.7 Å². The van der Waals surface area contributed by atoms with E-state index in [0.717, 1.165) is 12.1 Å². The van der Waals surface area contributed by atoms with E-state index in [-0.39, 0.29) is 11.3 Å². The number of carbonyl (C=O) groups is 1. The van der Waals surface area contributed by atoms with Gasteiger partial charge in [-0.3, -0.25) is 4.55 Å². The van der Waals surface area contributed by atoms with E-state index in [1.165, 1.54) is 6.92 Å². The van der Waals surface area contributed by atoms with Crippen molar-refractivity contribution in [2.24, 2.45) is 0 Å². The SMILES string of the molecule is C=CC(=O)Oc1cc(F)c(S(=O)(=O)O)cc1C. The molecule has 1 aromatic carbocycles. The molecule has 1 N–H and O–H groups in total. The van der Waals surface area contributed by atoms with Gasteiger partial charge in [0.1, 0.15) is 16.5 Å². The zero-order valence-electron chi connectivity index (χ0n) is 8.81. The molecule has 0 spiro atoms. The van der Waals surface area contributed by atoms with E-state index in [2.05, 4.69) is 11.3 Å². The highest BCUT2D eigenvalue weighted by Crippen LogP contribution is 2.25. The molecule has 0 fully saturated rings. The molecule has 5 nitrogen and oxygen atoms in total. The second-order valence-corrected chi connectivity index (χ2v) is 4.54. The highest BCUT2D eigenvalue weighted by atomic mass is 32.2. The Kier molecular flexibility index (Phi) is 3.64. The fourth-order valence-corrected chi connectivity index (χ4v) is 1.73. The first-order valence-corrected chi connectivity index (χ1v) is 5.81. The zero-order valence-corrected chi connectivity index (χ0v) is 9.62. The van der Waals surface area contributed by atoms with Crippen molar-refractivity contribution in [2.75, 3.05) is 0 Å². The molecule has 7 heteroatoms. The average Bonchev–Trinajstić information content (AvgIpc) is 2.21. The first kappa shape index (κ1) is 13.3. The number of aryl methyl sites for hydroxylation is 1. The van der Waals surface area contributed by atoms with Gasteiger partial charge in [-0.2, -0.15) is 8.42 Å². The molecule has 92 valence electrons. The molecule has 0 amide bonds. The van der Waals surface area contributed by atoms with Gasteiger partial charge in [-0.1, -0.05) is 6.58 Å². The van der Waals surface area contributed by atoms with Crippen molar-refractivity contribution >= 4 is 16.1 Å². The van der Waals surface area contributed by atoms with Crippen LogP contribution in [0.3, 0.4) is 0 Å². The smallest absolute Gasteiger partial charge is 0.335 e. The van der Waals surface area contributed by atoms with Gasteiger partial charge in [-0.15, -0.1) is 0 Å². The Morgan fingerprint density at radius 1 is 1.53 bits per heavy atom. The number of hydrogen-bond donors (Lipinski definition) is 1. The van der Waals surface area contributed by atoms with Gasteiger partial charge >= 0.3 is 5.97 Å². The van der Waals surface area contributed by atoms with E-state index in [0.29, 0.717) is 6.07 Å².